The first kappa shape index (κ1) is 13.2. The summed E-state index contributed by atoms with van der Waals surface area (Å²) in [5, 5.41) is 11.0. The zero-order chi connectivity index (χ0) is 13.1. The van der Waals surface area contributed by atoms with E-state index in [1.165, 1.54) is 11.3 Å². The van der Waals surface area contributed by atoms with Gasteiger partial charge < -0.3 is 5.32 Å². The van der Waals surface area contributed by atoms with Crippen LogP contribution in [-0.4, -0.2) is 21.3 Å². The molecule has 0 radical (unpaired) electrons. The molecule has 2 aromatic heterocycles. The zero-order valence-electron chi connectivity index (χ0n) is 11.4. The van der Waals surface area contributed by atoms with Gasteiger partial charge in [-0.3, -0.25) is 4.68 Å². The second-order valence-corrected chi connectivity index (χ2v) is 5.35. The Morgan fingerprint density at radius 1 is 1.39 bits per heavy atom. The number of thiazole rings is 1. The Balaban J connectivity index is 2.19. The molecule has 0 bridgehead atoms. The first-order chi connectivity index (χ1) is 8.63. The van der Waals surface area contributed by atoms with Crippen LogP contribution in [0.2, 0.25) is 0 Å². The molecule has 0 aliphatic rings. The average molecular weight is 264 g/mol. The maximum absolute atomic E-state index is 4.69. The van der Waals surface area contributed by atoms with E-state index in [-0.39, 0.29) is 0 Å². The molecule has 0 saturated carbocycles. The number of aromatic nitrogens is 3. The highest BCUT2D eigenvalue weighted by atomic mass is 32.1. The van der Waals surface area contributed by atoms with E-state index in [1.54, 1.807) is 11.3 Å². The maximum atomic E-state index is 4.69. The van der Waals surface area contributed by atoms with Crippen LogP contribution >= 0.6 is 11.3 Å². The number of nitrogens with zero attached hydrogens (tertiary/aromatic N) is 3. The Kier molecular flexibility index (Phi) is 4.14. The second-order valence-electron chi connectivity index (χ2n) is 4.49. The normalized spacial score (nSPS) is 11.1. The SMILES string of the molecule is CCCNCc1csc(-c2c(C)nn(C)c2C)n1. The van der Waals surface area contributed by atoms with Crippen LogP contribution in [0, 0.1) is 13.8 Å². The average Bonchev–Trinajstić information content (AvgIpc) is 2.86. The van der Waals surface area contributed by atoms with E-state index < -0.39 is 0 Å². The third-order valence-electron chi connectivity index (χ3n) is 3.01. The highest BCUT2D eigenvalue weighted by Gasteiger charge is 2.14. The first-order valence-corrected chi connectivity index (χ1v) is 7.17. The van der Waals surface area contributed by atoms with E-state index in [4.69, 9.17) is 0 Å². The van der Waals surface area contributed by atoms with Gasteiger partial charge in [-0.1, -0.05) is 6.92 Å². The van der Waals surface area contributed by atoms with Gasteiger partial charge in [0.2, 0.25) is 0 Å². The number of hydrogen-bond acceptors (Lipinski definition) is 4. The number of aryl methyl sites for hydroxylation is 2. The van der Waals surface area contributed by atoms with Crippen LogP contribution in [0.15, 0.2) is 5.38 Å². The molecule has 0 aliphatic carbocycles. The molecule has 2 heterocycles. The Bertz CT molecular complexity index is 527. The Hall–Kier alpha value is -1.20. The molecule has 2 rings (SSSR count). The van der Waals surface area contributed by atoms with Crippen LogP contribution in [0.5, 0.6) is 0 Å². The molecular formula is C13H20N4S. The van der Waals surface area contributed by atoms with Gasteiger partial charge in [0.25, 0.3) is 0 Å². The van der Waals surface area contributed by atoms with Gasteiger partial charge in [0.15, 0.2) is 0 Å². The van der Waals surface area contributed by atoms with E-state index in [2.05, 4.69) is 34.6 Å². The summed E-state index contributed by atoms with van der Waals surface area (Å²) in [6.45, 7) is 8.19. The van der Waals surface area contributed by atoms with Gasteiger partial charge in [0.1, 0.15) is 5.01 Å². The molecule has 4 nitrogen and oxygen atoms in total. The van der Waals surface area contributed by atoms with Crippen LogP contribution < -0.4 is 5.32 Å². The largest absolute Gasteiger partial charge is 0.311 e. The molecule has 2 aromatic rings. The molecule has 98 valence electrons. The molecule has 0 atom stereocenters. The zero-order valence-corrected chi connectivity index (χ0v) is 12.3. The van der Waals surface area contributed by atoms with Crippen molar-refractivity contribution in [2.75, 3.05) is 6.54 Å². The quantitative estimate of drug-likeness (QED) is 0.844. The summed E-state index contributed by atoms with van der Waals surface area (Å²) in [7, 11) is 1.98. The van der Waals surface area contributed by atoms with Crippen molar-refractivity contribution in [1.29, 1.82) is 0 Å². The lowest BCUT2D eigenvalue weighted by Crippen LogP contribution is -2.13. The lowest BCUT2D eigenvalue weighted by molar-refractivity contribution is 0.667. The standard InChI is InChI=1S/C13H20N4S/c1-5-6-14-7-11-8-18-13(15-11)12-9(2)16-17(4)10(12)3/h8,14H,5-7H2,1-4H3. The van der Waals surface area contributed by atoms with Crippen molar-refractivity contribution < 1.29 is 0 Å². The number of rotatable bonds is 5. The van der Waals surface area contributed by atoms with Crippen molar-refractivity contribution in [3.05, 3.63) is 22.5 Å². The molecule has 0 aromatic carbocycles. The van der Waals surface area contributed by atoms with Crippen molar-refractivity contribution in [3.63, 3.8) is 0 Å². The van der Waals surface area contributed by atoms with E-state index in [0.29, 0.717) is 0 Å². The minimum absolute atomic E-state index is 0.850. The van der Waals surface area contributed by atoms with Gasteiger partial charge in [0.05, 0.1) is 17.0 Å². The minimum Gasteiger partial charge on any atom is -0.311 e. The summed E-state index contributed by atoms with van der Waals surface area (Å²) >= 11 is 1.70. The molecule has 0 amide bonds. The molecule has 0 fully saturated rings. The van der Waals surface area contributed by atoms with E-state index in [1.807, 2.05) is 18.7 Å². The molecule has 5 heteroatoms. The minimum atomic E-state index is 0.850. The van der Waals surface area contributed by atoms with Gasteiger partial charge in [-0.25, -0.2) is 4.98 Å². The first-order valence-electron chi connectivity index (χ1n) is 6.29. The van der Waals surface area contributed by atoms with Crippen molar-refractivity contribution in [3.8, 4) is 10.6 Å². The molecule has 18 heavy (non-hydrogen) atoms. The van der Waals surface area contributed by atoms with Crippen molar-refractivity contribution in [2.45, 2.75) is 33.7 Å². The predicted molar refractivity (Wildman–Crippen MR) is 75.8 cm³/mol. The van der Waals surface area contributed by atoms with Crippen LogP contribution in [0.25, 0.3) is 10.6 Å². The summed E-state index contributed by atoms with van der Waals surface area (Å²) < 4.78 is 1.92. The fraction of sp³-hybridized carbons (Fsp3) is 0.538. The van der Waals surface area contributed by atoms with Crippen molar-refractivity contribution in [2.24, 2.45) is 7.05 Å². The van der Waals surface area contributed by atoms with Gasteiger partial charge in [-0.15, -0.1) is 11.3 Å². The predicted octanol–water partition coefficient (Wildman–Crippen LogP) is 2.66. The second kappa shape index (κ2) is 5.63. The summed E-state index contributed by atoms with van der Waals surface area (Å²) in [5.74, 6) is 0. The van der Waals surface area contributed by atoms with Gasteiger partial charge in [-0.05, 0) is 26.8 Å². The number of hydrogen-bond donors (Lipinski definition) is 1. The Morgan fingerprint density at radius 2 is 2.17 bits per heavy atom. The molecule has 0 aliphatic heterocycles. The summed E-state index contributed by atoms with van der Waals surface area (Å²) in [6, 6.07) is 0. The highest BCUT2D eigenvalue weighted by molar-refractivity contribution is 7.13. The van der Waals surface area contributed by atoms with Crippen LogP contribution in [0.3, 0.4) is 0 Å². The van der Waals surface area contributed by atoms with Crippen molar-refractivity contribution >= 4 is 11.3 Å². The summed E-state index contributed by atoms with van der Waals surface area (Å²) in [6.07, 6.45) is 1.15. The fourth-order valence-corrected chi connectivity index (χ4v) is 2.95. The van der Waals surface area contributed by atoms with Crippen LogP contribution in [0.4, 0.5) is 0 Å². The van der Waals surface area contributed by atoms with Gasteiger partial charge >= 0.3 is 0 Å². The molecule has 0 saturated heterocycles. The Labute approximate surface area is 112 Å². The smallest absolute Gasteiger partial charge is 0.127 e. The third-order valence-corrected chi connectivity index (χ3v) is 3.92. The van der Waals surface area contributed by atoms with E-state index in [0.717, 1.165) is 35.9 Å². The molecule has 1 N–H and O–H groups in total. The topological polar surface area (TPSA) is 42.7 Å². The number of nitrogens with one attached hydrogen (secondary N) is 1. The fourth-order valence-electron chi connectivity index (χ4n) is 1.98. The maximum Gasteiger partial charge on any atom is 0.127 e. The molecule has 0 spiro atoms. The van der Waals surface area contributed by atoms with Gasteiger partial charge in [-0.2, -0.15) is 5.10 Å². The van der Waals surface area contributed by atoms with Gasteiger partial charge in [0, 0.05) is 24.7 Å². The van der Waals surface area contributed by atoms with Crippen LogP contribution in [-0.2, 0) is 13.6 Å². The molecule has 0 unspecified atom stereocenters. The Morgan fingerprint density at radius 3 is 2.78 bits per heavy atom. The summed E-state index contributed by atoms with van der Waals surface area (Å²) in [5.41, 5.74) is 4.53. The van der Waals surface area contributed by atoms with E-state index in [9.17, 15) is 0 Å². The summed E-state index contributed by atoms with van der Waals surface area (Å²) in [4.78, 5) is 4.69. The van der Waals surface area contributed by atoms with Crippen LogP contribution in [0.1, 0.15) is 30.4 Å². The monoisotopic (exact) mass is 264 g/mol. The lowest BCUT2D eigenvalue weighted by atomic mass is 10.2. The highest BCUT2D eigenvalue weighted by Crippen LogP contribution is 2.29. The molecular weight excluding hydrogens is 244 g/mol. The third kappa shape index (κ3) is 2.62. The lowest BCUT2D eigenvalue weighted by Gasteiger charge is -1.99. The van der Waals surface area contributed by atoms with Crippen molar-refractivity contribution in [1.82, 2.24) is 20.1 Å². The van der Waals surface area contributed by atoms with E-state index >= 15 is 0 Å².